The molecule has 0 N–H and O–H groups in total. The molecule has 9 aromatic rings. The summed E-state index contributed by atoms with van der Waals surface area (Å²) >= 11 is 1.90. The minimum Gasteiger partial charge on any atom is -0.248 e. The maximum atomic E-state index is 5.38. The van der Waals surface area contributed by atoms with Gasteiger partial charge in [0.15, 0.2) is 0 Å². The fraction of sp³-hybridized carbons (Fsp3) is 0.0784. The molecule has 11 rings (SSSR count). The van der Waals surface area contributed by atoms with Gasteiger partial charge in [-0.1, -0.05) is 172 Å². The third-order valence-electron chi connectivity index (χ3n) is 11.9. The third kappa shape index (κ3) is 4.16. The maximum absolute atomic E-state index is 5.38. The zero-order valence-electron chi connectivity index (χ0n) is 29.6. The van der Waals surface area contributed by atoms with Gasteiger partial charge in [-0.2, -0.15) is 0 Å². The number of hydrogen-bond donors (Lipinski definition) is 0. The van der Waals surface area contributed by atoms with Crippen LogP contribution in [-0.4, -0.2) is 4.98 Å². The van der Waals surface area contributed by atoms with E-state index in [-0.39, 0.29) is 5.41 Å². The average Bonchev–Trinajstić information content (AvgIpc) is 3.75. The second-order valence-corrected chi connectivity index (χ2v) is 16.1. The standard InChI is InChI=1S/C51H35NS/c1-50(2)41-26-13-14-27-42(41)51(39-24-11-9-20-35(39)36-21-10-12-25-40(36)51)43-28-29-46-47(48(43)50)38-23-15-22-37(49(38)53-46)45-31-34(32-16-5-3-6-17-32)30-44(52-45)33-18-7-4-8-19-33/h3-31H,1-2H3. The molecule has 2 aliphatic rings. The summed E-state index contributed by atoms with van der Waals surface area (Å²) in [5.41, 5.74) is 17.0. The van der Waals surface area contributed by atoms with Crippen LogP contribution in [0.2, 0.25) is 0 Å². The van der Waals surface area contributed by atoms with E-state index in [1.165, 1.54) is 81.4 Å². The summed E-state index contributed by atoms with van der Waals surface area (Å²) in [6.45, 7) is 4.88. The first-order valence-corrected chi connectivity index (χ1v) is 19.3. The van der Waals surface area contributed by atoms with E-state index in [1.54, 1.807) is 0 Å². The van der Waals surface area contributed by atoms with Gasteiger partial charge in [-0.05, 0) is 73.8 Å². The van der Waals surface area contributed by atoms with Gasteiger partial charge in [-0.15, -0.1) is 11.3 Å². The Balaban J connectivity index is 1.23. The first kappa shape index (κ1) is 30.5. The van der Waals surface area contributed by atoms with Crippen LogP contribution in [0, 0.1) is 0 Å². The van der Waals surface area contributed by atoms with E-state index in [2.05, 4.69) is 190 Å². The Labute approximate surface area is 313 Å². The van der Waals surface area contributed by atoms with Gasteiger partial charge in [0.25, 0.3) is 0 Å². The second kappa shape index (κ2) is 11.2. The highest BCUT2D eigenvalue weighted by molar-refractivity contribution is 7.26. The van der Waals surface area contributed by atoms with Crippen LogP contribution in [0.15, 0.2) is 176 Å². The number of thiophene rings is 1. The van der Waals surface area contributed by atoms with Gasteiger partial charge >= 0.3 is 0 Å². The van der Waals surface area contributed by atoms with Gasteiger partial charge < -0.3 is 0 Å². The van der Waals surface area contributed by atoms with Gasteiger partial charge in [0.1, 0.15) is 0 Å². The predicted octanol–water partition coefficient (Wildman–Crippen LogP) is 13.5. The number of rotatable bonds is 3. The molecular weight excluding hydrogens is 659 g/mol. The second-order valence-electron chi connectivity index (χ2n) is 15.0. The van der Waals surface area contributed by atoms with Crippen molar-refractivity contribution in [3.63, 3.8) is 0 Å². The van der Waals surface area contributed by atoms with Crippen molar-refractivity contribution in [1.82, 2.24) is 4.98 Å². The highest BCUT2D eigenvalue weighted by atomic mass is 32.1. The number of aromatic nitrogens is 1. The Morgan fingerprint density at radius 3 is 1.70 bits per heavy atom. The molecule has 2 heterocycles. The van der Waals surface area contributed by atoms with Crippen LogP contribution in [-0.2, 0) is 10.8 Å². The van der Waals surface area contributed by atoms with E-state index < -0.39 is 5.41 Å². The normalized spacial score (nSPS) is 14.5. The van der Waals surface area contributed by atoms with Crippen LogP contribution >= 0.6 is 11.3 Å². The topological polar surface area (TPSA) is 12.9 Å². The number of hydrogen-bond acceptors (Lipinski definition) is 2. The first-order chi connectivity index (χ1) is 26.0. The molecule has 2 heteroatoms. The molecule has 0 aliphatic heterocycles. The third-order valence-corrected chi connectivity index (χ3v) is 13.1. The largest absolute Gasteiger partial charge is 0.248 e. The van der Waals surface area contributed by atoms with Gasteiger partial charge in [0.2, 0.25) is 0 Å². The quantitative estimate of drug-likeness (QED) is 0.179. The molecule has 0 amide bonds. The summed E-state index contributed by atoms with van der Waals surface area (Å²) < 4.78 is 2.60. The molecule has 2 aliphatic carbocycles. The number of pyridine rings is 1. The van der Waals surface area contributed by atoms with Crippen molar-refractivity contribution in [2.45, 2.75) is 24.7 Å². The van der Waals surface area contributed by atoms with E-state index in [9.17, 15) is 0 Å². The molecule has 250 valence electrons. The summed E-state index contributed by atoms with van der Waals surface area (Å²) in [6, 6.07) is 64.9. The summed E-state index contributed by atoms with van der Waals surface area (Å²) in [5.74, 6) is 0. The van der Waals surface area contributed by atoms with Crippen molar-refractivity contribution < 1.29 is 0 Å². The van der Waals surface area contributed by atoms with Crippen molar-refractivity contribution in [2.24, 2.45) is 0 Å². The fourth-order valence-electron chi connectivity index (χ4n) is 9.73. The van der Waals surface area contributed by atoms with Crippen LogP contribution in [0.1, 0.15) is 47.2 Å². The zero-order chi connectivity index (χ0) is 35.3. The molecule has 0 atom stereocenters. The van der Waals surface area contributed by atoms with Gasteiger partial charge in [-0.25, -0.2) is 4.98 Å². The van der Waals surface area contributed by atoms with E-state index in [0.29, 0.717) is 0 Å². The molecule has 0 unspecified atom stereocenters. The Hall–Kier alpha value is -6.09. The molecule has 0 saturated carbocycles. The van der Waals surface area contributed by atoms with E-state index in [1.807, 2.05) is 11.3 Å². The molecule has 53 heavy (non-hydrogen) atoms. The van der Waals surface area contributed by atoms with Crippen molar-refractivity contribution in [2.75, 3.05) is 0 Å². The van der Waals surface area contributed by atoms with Gasteiger partial charge in [0, 0.05) is 36.7 Å². The highest BCUT2D eigenvalue weighted by Gasteiger charge is 2.53. The minimum absolute atomic E-state index is 0.237. The molecule has 0 bridgehead atoms. The van der Waals surface area contributed by atoms with Crippen LogP contribution in [0.3, 0.4) is 0 Å². The predicted molar refractivity (Wildman–Crippen MR) is 223 cm³/mol. The lowest BCUT2D eigenvalue weighted by atomic mass is 9.55. The van der Waals surface area contributed by atoms with Crippen molar-refractivity contribution in [3.05, 3.63) is 209 Å². The van der Waals surface area contributed by atoms with Gasteiger partial charge in [-0.3, -0.25) is 0 Å². The van der Waals surface area contributed by atoms with E-state index >= 15 is 0 Å². The Morgan fingerprint density at radius 1 is 0.434 bits per heavy atom. The highest BCUT2D eigenvalue weighted by Crippen LogP contribution is 2.63. The molecule has 7 aromatic carbocycles. The lowest BCUT2D eigenvalue weighted by Crippen LogP contribution is -2.40. The Morgan fingerprint density at radius 2 is 1.00 bits per heavy atom. The van der Waals surface area contributed by atoms with Crippen LogP contribution in [0.25, 0.3) is 64.9 Å². The monoisotopic (exact) mass is 693 g/mol. The Kier molecular flexibility index (Phi) is 6.45. The van der Waals surface area contributed by atoms with Crippen molar-refractivity contribution in [1.29, 1.82) is 0 Å². The average molecular weight is 694 g/mol. The van der Waals surface area contributed by atoms with Crippen LogP contribution in [0.5, 0.6) is 0 Å². The molecule has 2 aromatic heterocycles. The molecule has 0 saturated heterocycles. The van der Waals surface area contributed by atoms with Crippen LogP contribution in [0.4, 0.5) is 0 Å². The van der Waals surface area contributed by atoms with E-state index in [0.717, 1.165) is 17.0 Å². The van der Waals surface area contributed by atoms with Crippen molar-refractivity contribution in [3.8, 4) is 44.8 Å². The molecule has 1 nitrogen and oxygen atoms in total. The number of nitrogens with zero attached hydrogens (tertiary/aromatic N) is 1. The maximum Gasteiger partial charge on any atom is 0.0730 e. The SMILES string of the molecule is CC1(C)c2ccccc2C2(c3ccccc3-c3ccccc32)c2ccc3sc4c(-c5cc(-c6ccccc6)cc(-c6ccccc6)n5)cccc4c3c21. The summed E-state index contributed by atoms with van der Waals surface area (Å²) in [5, 5.41) is 2.67. The fourth-order valence-corrected chi connectivity index (χ4v) is 11.0. The smallest absolute Gasteiger partial charge is 0.0730 e. The van der Waals surface area contributed by atoms with Crippen LogP contribution < -0.4 is 0 Å². The molecule has 0 radical (unpaired) electrons. The lowest BCUT2D eigenvalue weighted by Gasteiger charge is -2.47. The molecule has 1 spiro atoms. The number of benzene rings is 7. The lowest BCUT2D eigenvalue weighted by molar-refractivity contribution is 0.569. The Bertz CT molecular complexity index is 2810. The zero-order valence-corrected chi connectivity index (χ0v) is 30.4. The summed E-state index contributed by atoms with van der Waals surface area (Å²) in [6.07, 6.45) is 0. The van der Waals surface area contributed by atoms with Crippen molar-refractivity contribution >= 4 is 31.5 Å². The summed E-state index contributed by atoms with van der Waals surface area (Å²) in [4.78, 5) is 5.38. The first-order valence-electron chi connectivity index (χ1n) is 18.5. The minimum atomic E-state index is -0.412. The van der Waals surface area contributed by atoms with E-state index in [4.69, 9.17) is 4.98 Å². The van der Waals surface area contributed by atoms with Gasteiger partial charge in [0.05, 0.1) is 16.8 Å². The molecular formula is C51H35NS. The number of fused-ring (bicyclic) bond motifs is 13. The summed E-state index contributed by atoms with van der Waals surface area (Å²) in [7, 11) is 0. The molecule has 0 fully saturated rings.